The Balaban J connectivity index is 1.48. The van der Waals surface area contributed by atoms with Crippen molar-refractivity contribution < 1.29 is 26.4 Å². The van der Waals surface area contributed by atoms with Gasteiger partial charge in [-0.15, -0.1) is 0 Å². The lowest BCUT2D eigenvalue weighted by atomic mass is 10.1. The zero-order valence-corrected chi connectivity index (χ0v) is 23.7. The monoisotopic (exact) mass is 597 g/mol. The Bertz CT molecular complexity index is 1580. The molecule has 13 heteroatoms. The van der Waals surface area contributed by atoms with Gasteiger partial charge in [0.1, 0.15) is 5.75 Å². The molecule has 1 N–H and O–H groups in total. The van der Waals surface area contributed by atoms with Gasteiger partial charge in [-0.1, -0.05) is 29.3 Å². The van der Waals surface area contributed by atoms with Crippen LogP contribution < -0.4 is 14.4 Å². The van der Waals surface area contributed by atoms with Crippen LogP contribution in [0.1, 0.15) is 12.5 Å². The summed E-state index contributed by atoms with van der Waals surface area (Å²) in [7, 11) is -6.58. The second-order valence-electron chi connectivity index (χ2n) is 8.46. The van der Waals surface area contributed by atoms with E-state index in [2.05, 4.69) is 5.32 Å². The summed E-state index contributed by atoms with van der Waals surface area (Å²) < 4.78 is 59.9. The number of rotatable bonds is 9. The molecule has 0 atom stereocenters. The summed E-state index contributed by atoms with van der Waals surface area (Å²) in [6.45, 7) is 1.93. The van der Waals surface area contributed by atoms with Crippen LogP contribution in [-0.2, 0) is 31.3 Å². The van der Waals surface area contributed by atoms with E-state index in [0.29, 0.717) is 35.2 Å². The van der Waals surface area contributed by atoms with Gasteiger partial charge in [-0.2, -0.15) is 4.31 Å². The first-order chi connectivity index (χ1) is 17.9. The molecule has 1 heterocycles. The third kappa shape index (κ3) is 5.76. The normalized spacial score (nSPS) is 13.4. The van der Waals surface area contributed by atoms with E-state index >= 15 is 0 Å². The van der Waals surface area contributed by atoms with Crippen LogP contribution in [0.15, 0.2) is 70.5 Å². The molecule has 0 saturated carbocycles. The molecule has 38 heavy (non-hydrogen) atoms. The molecule has 1 aliphatic heterocycles. The molecule has 4 rings (SSSR count). The standard InChI is InChI=1S/C25H25Cl2N3O6S2/c1-3-36-24-11-10-21(15-22(24)27)37(32,33)29(2)16-25(31)28-19-7-4-17-12-13-30(23(17)14-19)38(34,35)20-8-5-18(26)6-9-20/h4-11,14-15H,3,12-13,16H2,1-2H3,(H,28,31). The minimum absolute atomic E-state index is 0.0816. The zero-order valence-electron chi connectivity index (χ0n) is 20.5. The van der Waals surface area contributed by atoms with Crippen LogP contribution in [0.25, 0.3) is 0 Å². The Kier molecular flexibility index (Phi) is 8.24. The lowest BCUT2D eigenvalue weighted by Gasteiger charge is -2.21. The van der Waals surface area contributed by atoms with Crippen LogP contribution in [0.3, 0.4) is 0 Å². The van der Waals surface area contributed by atoms with E-state index < -0.39 is 32.5 Å². The van der Waals surface area contributed by atoms with Gasteiger partial charge in [0.25, 0.3) is 10.0 Å². The van der Waals surface area contributed by atoms with E-state index in [1.165, 1.54) is 53.8 Å². The molecule has 0 fully saturated rings. The van der Waals surface area contributed by atoms with Gasteiger partial charge in [0.2, 0.25) is 15.9 Å². The molecule has 0 aromatic heterocycles. The first kappa shape index (κ1) is 28.2. The van der Waals surface area contributed by atoms with Gasteiger partial charge in [-0.25, -0.2) is 16.8 Å². The van der Waals surface area contributed by atoms with Crippen LogP contribution in [-0.4, -0.2) is 53.8 Å². The van der Waals surface area contributed by atoms with Gasteiger partial charge in [-0.3, -0.25) is 9.10 Å². The highest BCUT2D eigenvalue weighted by Crippen LogP contribution is 2.35. The lowest BCUT2D eigenvalue weighted by Crippen LogP contribution is -2.35. The quantitative estimate of drug-likeness (QED) is 0.391. The molecule has 1 aliphatic rings. The van der Waals surface area contributed by atoms with Crippen LogP contribution in [0, 0.1) is 0 Å². The summed E-state index contributed by atoms with van der Waals surface area (Å²) in [6.07, 6.45) is 0.516. The number of likely N-dealkylation sites (N-methyl/N-ethyl adjacent to an activating group) is 1. The summed E-state index contributed by atoms with van der Waals surface area (Å²) in [5.74, 6) is -0.240. The number of carbonyl (C=O) groups is 1. The Hall–Kier alpha value is -2.83. The maximum absolute atomic E-state index is 13.2. The molecule has 3 aromatic carbocycles. The van der Waals surface area contributed by atoms with Crippen molar-refractivity contribution in [2.24, 2.45) is 0 Å². The molecular formula is C25H25Cl2N3O6S2. The SMILES string of the molecule is CCOc1ccc(S(=O)(=O)N(C)CC(=O)Nc2ccc3c(c2)N(S(=O)(=O)c2ccc(Cl)cc2)CC3)cc1Cl. The van der Waals surface area contributed by atoms with Crippen LogP contribution in [0.5, 0.6) is 5.75 Å². The maximum atomic E-state index is 13.2. The van der Waals surface area contributed by atoms with Crippen LogP contribution in [0.4, 0.5) is 11.4 Å². The van der Waals surface area contributed by atoms with Crippen molar-refractivity contribution in [3.8, 4) is 5.75 Å². The highest BCUT2D eigenvalue weighted by molar-refractivity contribution is 7.92. The minimum atomic E-state index is -4.02. The topological polar surface area (TPSA) is 113 Å². The number of anilines is 2. The van der Waals surface area contributed by atoms with Crippen molar-refractivity contribution in [3.05, 3.63) is 76.3 Å². The molecule has 0 unspecified atom stereocenters. The first-order valence-corrected chi connectivity index (χ1v) is 15.2. The van der Waals surface area contributed by atoms with E-state index in [0.717, 1.165) is 9.87 Å². The van der Waals surface area contributed by atoms with E-state index in [1.807, 2.05) is 0 Å². The molecule has 0 saturated heterocycles. The molecular weight excluding hydrogens is 573 g/mol. The van der Waals surface area contributed by atoms with Crippen molar-refractivity contribution in [1.29, 1.82) is 0 Å². The number of nitrogens with one attached hydrogen (secondary N) is 1. The van der Waals surface area contributed by atoms with Gasteiger partial charge in [-0.05, 0) is 73.5 Å². The van der Waals surface area contributed by atoms with E-state index in [4.69, 9.17) is 27.9 Å². The second-order valence-corrected chi connectivity index (χ2v) is 13.2. The van der Waals surface area contributed by atoms with Crippen LogP contribution in [0.2, 0.25) is 10.0 Å². The number of amides is 1. The van der Waals surface area contributed by atoms with E-state index in [1.54, 1.807) is 25.1 Å². The number of benzene rings is 3. The molecule has 0 radical (unpaired) electrons. The van der Waals surface area contributed by atoms with Crippen molar-refractivity contribution >= 4 is 60.5 Å². The summed E-state index contributed by atoms with van der Waals surface area (Å²) >= 11 is 12.0. The largest absolute Gasteiger partial charge is 0.492 e. The Morgan fingerprint density at radius 3 is 2.34 bits per heavy atom. The molecule has 0 aliphatic carbocycles. The highest BCUT2D eigenvalue weighted by atomic mass is 35.5. The third-order valence-electron chi connectivity index (χ3n) is 5.90. The van der Waals surface area contributed by atoms with Crippen molar-refractivity contribution in [2.75, 3.05) is 36.4 Å². The fourth-order valence-electron chi connectivity index (χ4n) is 3.99. The highest BCUT2D eigenvalue weighted by Gasteiger charge is 2.31. The Labute approximate surface area is 232 Å². The average molecular weight is 599 g/mol. The molecule has 3 aromatic rings. The molecule has 202 valence electrons. The number of ether oxygens (including phenoxy) is 1. The second kappa shape index (κ2) is 11.1. The summed E-state index contributed by atoms with van der Waals surface area (Å²) in [5.41, 5.74) is 1.59. The number of fused-ring (bicyclic) bond motifs is 1. The molecule has 1 amide bonds. The Morgan fingerprint density at radius 2 is 1.68 bits per heavy atom. The predicted octanol–water partition coefficient (Wildman–Crippen LogP) is 4.40. The average Bonchev–Trinajstić information content (AvgIpc) is 3.29. The fourth-order valence-corrected chi connectivity index (χ4v) is 7.07. The number of nitrogens with zero attached hydrogens (tertiary/aromatic N) is 2. The summed E-state index contributed by atoms with van der Waals surface area (Å²) in [4.78, 5) is 12.8. The van der Waals surface area contributed by atoms with Crippen molar-refractivity contribution in [1.82, 2.24) is 4.31 Å². The maximum Gasteiger partial charge on any atom is 0.264 e. The van der Waals surface area contributed by atoms with Crippen molar-refractivity contribution in [3.63, 3.8) is 0 Å². The molecule has 0 bridgehead atoms. The zero-order chi connectivity index (χ0) is 27.7. The molecule has 0 spiro atoms. The minimum Gasteiger partial charge on any atom is -0.492 e. The van der Waals surface area contributed by atoms with E-state index in [9.17, 15) is 21.6 Å². The number of halogens is 2. The summed E-state index contributed by atoms with van der Waals surface area (Å²) in [5, 5.41) is 3.22. The van der Waals surface area contributed by atoms with Crippen molar-refractivity contribution in [2.45, 2.75) is 23.1 Å². The first-order valence-electron chi connectivity index (χ1n) is 11.5. The molecule has 9 nitrogen and oxygen atoms in total. The van der Waals surface area contributed by atoms with Gasteiger partial charge < -0.3 is 10.1 Å². The third-order valence-corrected chi connectivity index (χ3v) is 10.1. The van der Waals surface area contributed by atoms with Gasteiger partial charge in [0.05, 0.1) is 33.7 Å². The Morgan fingerprint density at radius 1 is 1.00 bits per heavy atom. The van der Waals surface area contributed by atoms with Gasteiger partial charge in [0.15, 0.2) is 0 Å². The number of hydrogen-bond donors (Lipinski definition) is 1. The number of hydrogen-bond acceptors (Lipinski definition) is 6. The fraction of sp³-hybridized carbons (Fsp3) is 0.240. The van der Waals surface area contributed by atoms with E-state index in [-0.39, 0.29) is 21.4 Å². The van der Waals surface area contributed by atoms with Gasteiger partial charge >= 0.3 is 0 Å². The smallest absolute Gasteiger partial charge is 0.264 e. The van der Waals surface area contributed by atoms with Crippen LogP contribution >= 0.6 is 23.2 Å². The number of carbonyl (C=O) groups excluding carboxylic acids is 1. The predicted molar refractivity (Wildman–Crippen MR) is 147 cm³/mol. The van der Waals surface area contributed by atoms with Gasteiger partial charge in [0, 0.05) is 24.3 Å². The summed E-state index contributed by atoms with van der Waals surface area (Å²) in [6, 6.07) is 14.9. The number of sulfonamides is 2. The lowest BCUT2D eigenvalue weighted by molar-refractivity contribution is -0.116.